The van der Waals surface area contributed by atoms with Gasteiger partial charge in [-0.05, 0) is 92.6 Å². The third kappa shape index (κ3) is 10.1. The molecule has 0 aliphatic carbocycles. The van der Waals surface area contributed by atoms with E-state index < -0.39 is 34.1 Å². The Morgan fingerprint density at radius 3 is 1.88 bits per heavy atom. The quantitative estimate of drug-likeness (QED) is 0.130. The highest BCUT2D eigenvalue weighted by molar-refractivity contribution is 7.92. The van der Waals surface area contributed by atoms with Crippen LogP contribution in [0.1, 0.15) is 31.9 Å². The SMILES string of the molecule is CC(C)(C)NC(=O)[C@@H](Cc1ccccc1)N(Cc1ccc(Cl)c(Cl)c1)C(=O)CN(c1ccc(Oc2ccccc2)cc1)S(=O)(=O)c1ccccc1. The van der Waals surface area contributed by atoms with Crippen molar-refractivity contribution in [1.82, 2.24) is 10.2 Å². The summed E-state index contributed by atoms with van der Waals surface area (Å²) in [6.45, 7) is 4.91. The number of rotatable bonds is 13. The summed E-state index contributed by atoms with van der Waals surface area (Å²) < 4.78 is 35.6. The fraction of sp³-hybridized carbons (Fsp3) is 0.200. The first-order chi connectivity index (χ1) is 24.3. The monoisotopic (exact) mass is 743 g/mol. The van der Waals surface area contributed by atoms with Crippen LogP contribution in [0.2, 0.25) is 10.0 Å². The van der Waals surface area contributed by atoms with Gasteiger partial charge in [-0.25, -0.2) is 8.42 Å². The third-order valence-electron chi connectivity index (χ3n) is 7.82. The normalized spacial score (nSPS) is 12.1. The van der Waals surface area contributed by atoms with Crippen molar-refractivity contribution in [2.24, 2.45) is 0 Å². The van der Waals surface area contributed by atoms with E-state index in [-0.39, 0.29) is 34.5 Å². The standard InChI is InChI=1S/C40H39Cl2N3O5S/c1-40(2,3)43-39(47)37(26-29-13-7-4-8-14-29)44(27-30-19-24-35(41)36(42)25-30)38(46)28-45(51(48,49)34-17-11-6-12-18-34)31-20-22-33(23-21-31)50-32-15-9-5-10-16-32/h4-25,37H,26-28H2,1-3H3,(H,43,47)/t37-/m1/s1. The molecule has 5 aromatic carbocycles. The van der Waals surface area contributed by atoms with E-state index in [1.54, 1.807) is 60.7 Å². The average molecular weight is 745 g/mol. The van der Waals surface area contributed by atoms with Crippen molar-refractivity contribution in [3.8, 4) is 11.5 Å². The number of benzene rings is 5. The van der Waals surface area contributed by atoms with Crippen molar-refractivity contribution in [3.05, 3.63) is 155 Å². The van der Waals surface area contributed by atoms with Gasteiger partial charge in [0.25, 0.3) is 10.0 Å². The first-order valence-electron chi connectivity index (χ1n) is 16.3. The van der Waals surface area contributed by atoms with Crippen molar-refractivity contribution in [3.63, 3.8) is 0 Å². The minimum absolute atomic E-state index is 0.00440. The summed E-state index contributed by atoms with van der Waals surface area (Å²) in [4.78, 5) is 30.2. The molecule has 2 amide bonds. The maximum absolute atomic E-state index is 14.7. The second-order valence-corrected chi connectivity index (χ2v) is 15.6. The van der Waals surface area contributed by atoms with Crippen LogP contribution in [0.3, 0.4) is 0 Å². The smallest absolute Gasteiger partial charge is 0.264 e. The van der Waals surface area contributed by atoms with Crippen molar-refractivity contribution in [1.29, 1.82) is 0 Å². The number of anilines is 1. The molecule has 0 aromatic heterocycles. The zero-order valence-corrected chi connectivity index (χ0v) is 30.8. The molecule has 264 valence electrons. The first-order valence-corrected chi connectivity index (χ1v) is 18.5. The lowest BCUT2D eigenvalue weighted by Gasteiger charge is -2.35. The summed E-state index contributed by atoms with van der Waals surface area (Å²) in [7, 11) is -4.27. The Bertz CT molecular complexity index is 2040. The van der Waals surface area contributed by atoms with Gasteiger partial charge in [0.15, 0.2) is 0 Å². The zero-order chi connectivity index (χ0) is 36.6. The van der Waals surface area contributed by atoms with Gasteiger partial charge in [0, 0.05) is 18.5 Å². The molecule has 1 atom stereocenters. The predicted octanol–water partition coefficient (Wildman–Crippen LogP) is 8.54. The molecular formula is C40H39Cl2N3O5S. The Kier molecular flexibility index (Phi) is 12.1. The van der Waals surface area contributed by atoms with E-state index in [1.165, 1.54) is 17.0 Å². The van der Waals surface area contributed by atoms with E-state index in [2.05, 4.69) is 5.32 Å². The number of carbonyl (C=O) groups is 2. The fourth-order valence-corrected chi connectivity index (χ4v) is 7.15. The zero-order valence-electron chi connectivity index (χ0n) is 28.5. The second kappa shape index (κ2) is 16.5. The largest absolute Gasteiger partial charge is 0.457 e. The Morgan fingerprint density at radius 2 is 1.29 bits per heavy atom. The molecule has 5 aromatic rings. The minimum atomic E-state index is -4.27. The van der Waals surface area contributed by atoms with Crippen molar-refractivity contribution >= 4 is 50.7 Å². The Morgan fingerprint density at radius 1 is 0.725 bits per heavy atom. The van der Waals surface area contributed by atoms with E-state index >= 15 is 0 Å². The number of sulfonamides is 1. The molecule has 1 N–H and O–H groups in total. The average Bonchev–Trinajstić information content (AvgIpc) is 3.11. The highest BCUT2D eigenvalue weighted by Crippen LogP contribution is 2.29. The Hall–Kier alpha value is -4.83. The fourth-order valence-electron chi connectivity index (χ4n) is 5.40. The van der Waals surface area contributed by atoms with Crippen LogP contribution in [0.5, 0.6) is 11.5 Å². The van der Waals surface area contributed by atoms with Crippen LogP contribution >= 0.6 is 23.2 Å². The Balaban J connectivity index is 1.57. The summed E-state index contributed by atoms with van der Waals surface area (Å²) in [5.41, 5.74) is 1.05. The maximum atomic E-state index is 14.7. The molecule has 5 rings (SSSR count). The van der Waals surface area contributed by atoms with Crippen molar-refractivity contribution in [2.45, 2.75) is 50.2 Å². The molecule has 0 radical (unpaired) electrons. The Labute approximate surface area is 309 Å². The number of amides is 2. The molecule has 0 bridgehead atoms. The van der Waals surface area contributed by atoms with E-state index in [0.717, 1.165) is 9.87 Å². The van der Waals surface area contributed by atoms with Crippen molar-refractivity contribution < 1.29 is 22.7 Å². The number of ether oxygens (including phenoxy) is 1. The van der Waals surface area contributed by atoms with Gasteiger partial charge >= 0.3 is 0 Å². The van der Waals surface area contributed by atoms with Crippen LogP contribution < -0.4 is 14.4 Å². The summed E-state index contributed by atoms with van der Waals surface area (Å²) in [6.07, 6.45) is 0.173. The molecule has 0 heterocycles. The van der Waals surface area contributed by atoms with E-state index in [9.17, 15) is 18.0 Å². The van der Waals surface area contributed by atoms with Gasteiger partial charge in [-0.2, -0.15) is 0 Å². The maximum Gasteiger partial charge on any atom is 0.264 e. The summed E-state index contributed by atoms with van der Waals surface area (Å²) in [5.74, 6) is 0.108. The molecule has 0 spiro atoms. The number of hydrogen-bond donors (Lipinski definition) is 1. The minimum Gasteiger partial charge on any atom is -0.457 e. The lowest BCUT2D eigenvalue weighted by Crippen LogP contribution is -2.56. The van der Waals surface area contributed by atoms with Gasteiger partial charge in [-0.3, -0.25) is 13.9 Å². The number of halogens is 2. The molecule has 51 heavy (non-hydrogen) atoms. The highest BCUT2D eigenvalue weighted by atomic mass is 35.5. The van der Waals surface area contributed by atoms with E-state index in [1.807, 2.05) is 81.4 Å². The molecule has 11 heteroatoms. The van der Waals surface area contributed by atoms with E-state index in [0.29, 0.717) is 22.1 Å². The van der Waals surface area contributed by atoms with Crippen molar-refractivity contribution in [2.75, 3.05) is 10.8 Å². The summed E-state index contributed by atoms with van der Waals surface area (Å²) in [5, 5.41) is 3.64. The van der Waals surface area contributed by atoms with Gasteiger partial charge in [-0.15, -0.1) is 0 Å². The van der Waals surface area contributed by atoms with Crippen LogP contribution in [0.4, 0.5) is 5.69 Å². The summed E-state index contributed by atoms with van der Waals surface area (Å²) >= 11 is 12.6. The van der Waals surface area contributed by atoms with Gasteiger partial charge in [0.2, 0.25) is 11.8 Å². The lowest BCUT2D eigenvalue weighted by atomic mass is 10.0. The molecule has 0 aliphatic rings. The second-order valence-electron chi connectivity index (χ2n) is 12.9. The van der Waals surface area contributed by atoms with Gasteiger partial charge < -0.3 is 15.0 Å². The number of hydrogen-bond acceptors (Lipinski definition) is 5. The van der Waals surface area contributed by atoms with Crippen LogP contribution in [0, 0.1) is 0 Å². The van der Waals surface area contributed by atoms with E-state index in [4.69, 9.17) is 27.9 Å². The molecule has 0 aliphatic heterocycles. The highest BCUT2D eigenvalue weighted by Gasteiger charge is 2.35. The molecule has 0 fully saturated rings. The number of nitrogens with one attached hydrogen (secondary N) is 1. The van der Waals surface area contributed by atoms with Crippen LogP contribution in [-0.4, -0.2) is 43.3 Å². The van der Waals surface area contributed by atoms with Gasteiger partial charge in [0.05, 0.1) is 20.6 Å². The van der Waals surface area contributed by atoms with Crippen LogP contribution in [-0.2, 0) is 32.6 Å². The predicted molar refractivity (Wildman–Crippen MR) is 203 cm³/mol. The molecule has 8 nitrogen and oxygen atoms in total. The number of carbonyl (C=O) groups excluding carboxylic acids is 2. The summed E-state index contributed by atoms with van der Waals surface area (Å²) in [6, 6.07) is 36.8. The molecular weight excluding hydrogens is 705 g/mol. The third-order valence-corrected chi connectivity index (χ3v) is 10.3. The van der Waals surface area contributed by atoms with Gasteiger partial charge in [0.1, 0.15) is 24.1 Å². The molecule has 0 unspecified atom stereocenters. The number of para-hydroxylation sites is 1. The van der Waals surface area contributed by atoms with Crippen LogP contribution in [0.15, 0.2) is 138 Å². The lowest BCUT2D eigenvalue weighted by molar-refractivity contribution is -0.140. The first kappa shape index (κ1) is 37.4. The topological polar surface area (TPSA) is 96.0 Å². The van der Waals surface area contributed by atoms with Crippen LogP contribution in [0.25, 0.3) is 0 Å². The molecule has 0 saturated heterocycles. The molecule has 0 saturated carbocycles. The van der Waals surface area contributed by atoms with Gasteiger partial charge in [-0.1, -0.05) is 96.0 Å². The number of nitrogens with zero attached hydrogens (tertiary/aromatic N) is 2.